The lowest BCUT2D eigenvalue weighted by molar-refractivity contribution is -0.139. The van der Waals surface area contributed by atoms with E-state index in [2.05, 4.69) is 4.98 Å². The summed E-state index contributed by atoms with van der Waals surface area (Å²) >= 11 is -1.12. The molecule has 0 amide bonds. The highest BCUT2D eigenvalue weighted by Crippen LogP contribution is 2.29. The minimum atomic E-state index is -2.72. The third kappa shape index (κ3) is 5.27. The van der Waals surface area contributed by atoms with Crippen molar-refractivity contribution >= 4 is 44.5 Å². The number of aliphatic carboxylic acids is 1. The molecule has 0 bridgehead atoms. The number of aromatic nitrogens is 1. The molecular formula is C25H23N2O5S2-. The van der Waals surface area contributed by atoms with Gasteiger partial charge in [0, 0.05) is 17.0 Å². The molecule has 4 rings (SSSR count). The van der Waals surface area contributed by atoms with Crippen LogP contribution in [0.5, 0.6) is 5.75 Å². The predicted molar refractivity (Wildman–Crippen MR) is 133 cm³/mol. The molecule has 0 aliphatic heterocycles. The summed E-state index contributed by atoms with van der Waals surface area (Å²) < 4.78 is 31.5. The molecule has 1 heterocycles. The number of fused-ring (bicyclic) bond motifs is 1. The van der Waals surface area contributed by atoms with E-state index in [4.69, 9.17) is 4.74 Å². The molecule has 1 aromatic heterocycles. The van der Waals surface area contributed by atoms with Gasteiger partial charge in [-0.05, 0) is 53.4 Å². The zero-order valence-corrected chi connectivity index (χ0v) is 20.2. The zero-order valence-electron chi connectivity index (χ0n) is 18.6. The number of benzene rings is 3. The van der Waals surface area contributed by atoms with E-state index in [1.54, 1.807) is 49.4 Å². The average molecular weight is 496 g/mol. The molecule has 4 aromatic rings. The third-order valence-electron chi connectivity index (χ3n) is 5.31. The van der Waals surface area contributed by atoms with Crippen molar-refractivity contribution in [2.45, 2.75) is 26.5 Å². The number of ether oxygens (including phenoxy) is 1. The molecule has 1 N–H and O–H groups in total. The summed E-state index contributed by atoms with van der Waals surface area (Å²) in [6, 6.07) is 21.1. The topological polar surface area (TPSA) is 103 Å². The Balaban J connectivity index is 1.46. The van der Waals surface area contributed by atoms with Crippen LogP contribution in [0.2, 0.25) is 0 Å². The van der Waals surface area contributed by atoms with Crippen molar-refractivity contribution in [3.63, 3.8) is 0 Å². The van der Waals surface area contributed by atoms with Gasteiger partial charge in [0.25, 0.3) is 0 Å². The van der Waals surface area contributed by atoms with Gasteiger partial charge in [-0.15, -0.1) is 11.3 Å². The molecule has 9 heteroatoms. The van der Waals surface area contributed by atoms with Crippen LogP contribution in [-0.4, -0.2) is 30.9 Å². The standard InChI is InChI=1S/C25H24N2O5S2/c1-16(2)24(25(28)29)27(34(30)31)19-11-7-17(8-12-19)18-9-13-20(14-10-18)32-15-23-26-21-5-3-4-6-22(21)33-23/h3-14,16,24H,15H2,1-2H3,(H,28,29)(H,30,31)/p-1. The van der Waals surface area contributed by atoms with Crippen LogP contribution in [0.3, 0.4) is 0 Å². The molecular weight excluding hydrogens is 472 g/mol. The minimum Gasteiger partial charge on any atom is -0.755 e. The van der Waals surface area contributed by atoms with Crippen LogP contribution in [0.15, 0.2) is 72.8 Å². The van der Waals surface area contributed by atoms with Crippen LogP contribution in [0.1, 0.15) is 18.9 Å². The zero-order chi connectivity index (χ0) is 24.2. The van der Waals surface area contributed by atoms with Gasteiger partial charge in [0.15, 0.2) is 0 Å². The fourth-order valence-electron chi connectivity index (χ4n) is 3.67. The highest BCUT2D eigenvalue weighted by Gasteiger charge is 2.30. The van der Waals surface area contributed by atoms with E-state index in [0.29, 0.717) is 18.0 Å². The number of nitrogens with zero attached hydrogens (tertiary/aromatic N) is 2. The second-order valence-electron chi connectivity index (χ2n) is 8.01. The Morgan fingerprint density at radius 1 is 1.06 bits per heavy atom. The first-order valence-corrected chi connectivity index (χ1v) is 12.5. The lowest BCUT2D eigenvalue weighted by Gasteiger charge is -2.34. The van der Waals surface area contributed by atoms with Gasteiger partial charge >= 0.3 is 5.97 Å². The molecule has 0 aliphatic rings. The van der Waals surface area contributed by atoms with Crippen molar-refractivity contribution in [1.82, 2.24) is 4.98 Å². The smallest absolute Gasteiger partial charge is 0.327 e. The fraction of sp³-hybridized carbons (Fsp3) is 0.200. The maximum atomic E-state index is 11.8. The van der Waals surface area contributed by atoms with Crippen molar-refractivity contribution < 1.29 is 23.4 Å². The monoisotopic (exact) mass is 495 g/mol. The van der Waals surface area contributed by atoms with E-state index in [1.807, 2.05) is 48.5 Å². The number of carbonyl (C=O) groups is 1. The lowest BCUT2D eigenvalue weighted by Crippen LogP contribution is -2.45. The predicted octanol–water partition coefficient (Wildman–Crippen LogP) is 5.25. The Kier molecular flexibility index (Phi) is 7.26. The van der Waals surface area contributed by atoms with Crippen molar-refractivity contribution in [2.24, 2.45) is 5.92 Å². The molecule has 0 saturated heterocycles. The van der Waals surface area contributed by atoms with E-state index in [1.165, 1.54) is 0 Å². The molecule has 0 radical (unpaired) electrons. The third-order valence-corrected chi connectivity index (χ3v) is 7.08. The largest absolute Gasteiger partial charge is 0.755 e. The first-order valence-electron chi connectivity index (χ1n) is 10.6. The number of para-hydroxylation sites is 1. The van der Waals surface area contributed by atoms with Crippen LogP contribution >= 0.6 is 11.3 Å². The number of rotatable bonds is 9. The molecule has 2 unspecified atom stereocenters. The van der Waals surface area contributed by atoms with Gasteiger partial charge in [-0.1, -0.05) is 50.2 Å². The summed E-state index contributed by atoms with van der Waals surface area (Å²) in [6.45, 7) is 3.73. The summed E-state index contributed by atoms with van der Waals surface area (Å²) in [5.74, 6) is -0.871. The number of carboxylic acid groups (broad SMARTS) is 1. The van der Waals surface area contributed by atoms with Gasteiger partial charge in [0.2, 0.25) is 0 Å². The maximum Gasteiger partial charge on any atom is 0.327 e. The van der Waals surface area contributed by atoms with Gasteiger partial charge in [0.1, 0.15) is 23.4 Å². The van der Waals surface area contributed by atoms with Crippen LogP contribution in [0, 0.1) is 5.92 Å². The molecule has 7 nitrogen and oxygen atoms in total. The first kappa shape index (κ1) is 23.9. The number of anilines is 1. The number of carboxylic acids is 1. The van der Waals surface area contributed by atoms with Gasteiger partial charge in [0.05, 0.1) is 10.2 Å². The maximum absolute atomic E-state index is 11.8. The minimum absolute atomic E-state index is 0.300. The average Bonchev–Trinajstić information content (AvgIpc) is 3.24. The molecule has 2 atom stereocenters. The van der Waals surface area contributed by atoms with E-state index >= 15 is 0 Å². The Labute approximate surface area is 204 Å². The number of hydrogen-bond acceptors (Lipinski definition) is 6. The van der Waals surface area contributed by atoms with Crippen molar-refractivity contribution in [3.8, 4) is 16.9 Å². The first-order chi connectivity index (χ1) is 16.3. The number of thiazole rings is 1. The normalized spacial score (nSPS) is 13.1. The number of hydrogen-bond donors (Lipinski definition) is 1. The summed E-state index contributed by atoms with van der Waals surface area (Å²) in [6.07, 6.45) is 0. The van der Waals surface area contributed by atoms with Crippen LogP contribution in [-0.2, 0) is 22.7 Å². The lowest BCUT2D eigenvalue weighted by atomic mass is 10.0. The molecule has 0 aliphatic carbocycles. The SMILES string of the molecule is CC(C)C(C(=O)O)N(c1ccc(-c2ccc(OCc3nc4ccccc4s3)cc2)cc1)S(=O)[O-]. The van der Waals surface area contributed by atoms with Gasteiger partial charge < -0.3 is 14.4 Å². The van der Waals surface area contributed by atoms with Gasteiger partial charge in [-0.3, -0.25) is 8.51 Å². The highest BCUT2D eigenvalue weighted by molar-refractivity contribution is 7.80. The Bertz CT molecular complexity index is 1270. The van der Waals surface area contributed by atoms with Crippen LogP contribution in [0.4, 0.5) is 5.69 Å². The summed E-state index contributed by atoms with van der Waals surface area (Å²) in [4.78, 5) is 16.2. The second-order valence-corrected chi connectivity index (χ2v) is 9.95. The van der Waals surface area contributed by atoms with Crippen LogP contribution in [0.25, 0.3) is 21.3 Å². The molecule has 0 saturated carbocycles. The van der Waals surface area contributed by atoms with E-state index in [-0.39, 0.29) is 0 Å². The van der Waals surface area contributed by atoms with Crippen molar-refractivity contribution in [3.05, 3.63) is 77.8 Å². The molecule has 3 aromatic carbocycles. The van der Waals surface area contributed by atoms with Crippen molar-refractivity contribution in [1.29, 1.82) is 0 Å². The molecule has 176 valence electrons. The Morgan fingerprint density at radius 2 is 1.68 bits per heavy atom. The van der Waals surface area contributed by atoms with E-state index in [0.717, 1.165) is 30.7 Å². The van der Waals surface area contributed by atoms with E-state index in [9.17, 15) is 18.7 Å². The molecule has 34 heavy (non-hydrogen) atoms. The fourth-order valence-corrected chi connectivity index (χ4v) is 5.36. The van der Waals surface area contributed by atoms with E-state index < -0.39 is 29.2 Å². The summed E-state index contributed by atoms with van der Waals surface area (Å²) in [5.41, 5.74) is 3.06. The second kappa shape index (κ2) is 10.3. The highest BCUT2D eigenvalue weighted by atomic mass is 32.2. The Hall–Kier alpha value is -3.27. The quantitative estimate of drug-likeness (QED) is 0.318. The summed E-state index contributed by atoms with van der Waals surface area (Å²) in [7, 11) is 0. The van der Waals surface area contributed by atoms with Crippen LogP contribution < -0.4 is 9.04 Å². The molecule has 0 spiro atoms. The Morgan fingerprint density at radius 3 is 2.24 bits per heavy atom. The van der Waals surface area contributed by atoms with Gasteiger partial charge in [-0.2, -0.15) is 0 Å². The van der Waals surface area contributed by atoms with Crippen molar-refractivity contribution in [2.75, 3.05) is 4.31 Å². The van der Waals surface area contributed by atoms with Gasteiger partial charge in [-0.25, -0.2) is 9.78 Å². The summed E-state index contributed by atoms with van der Waals surface area (Å²) in [5, 5.41) is 10.4. The molecule has 0 fully saturated rings.